The molecule has 0 fully saturated rings. The summed E-state index contributed by atoms with van der Waals surface area (Å²) in [6.07, 6.45) is 1.37. The van der Waals surface area contributed by atoms with E-state index in [0.717, 1.165) is 11.1 Å². The summed E-state index contributed by atoms with van der Waals surface area (Å²) in [6.45, 7) is 1.83. The molecule has 0 saturated heterocycles. The van der Waals surface area contributed by atoms with Gasteiger partial charge in [-0.25, -0.2) is 4.79 Å². The van der Waals surface area contributed by atoms with Crippen LogP contribution in [0.1, 0.15) is 22.6 Å². The van der Waals surface area contributed by atoms with E-state index in [4.69, 9.17) is 35.4 Å². The first-order valence-corrected chi connectivity index (χ1v) is 8.71. The molecule has 1 unspecified atom stereocenters. The maximum absolute atomic E-state index is 12.1. The molecule has 3 rings (SSSR count). The predicted molar refractivity (Wildman–Crippen MR) is 104 cm³/mol. The highest BCUT2D eigenvalue weighted by molar-refractivity contribution is 7.71. The molecule has 2 aromatic carbocycles. The van der Waals surface area contributed by atoms with Crippen molar-refractivity contribution in [3.05, 3.63) is 84.5 Å². The molecule has 0 radical (unpaired) electrons. The topological polar surface area (TPSA) is 74.5 Å². The van der Waals surface area contributed by atoms with Crippen molar-refractivity contribution in [3.63, 3.8) is 0 Å². The highest BCUT2D eigenvalue weighted by Gasteiger charge is 2.20. The number of hydrogen-bond donors (Lipinski definition) is 1. The number of rotatable bonds is 3. The average Bonchev–Trinajstić information content (AvgIpc) is 2.59. The first-order valence-electron chi connectivity index (χ1n) is 7.55. The fraction of sp³-hybridized carbons (Fsp3) is 0.111. The van der Waals surface area contributed by atoms with E-state index in [1.807, 2.05) is 6.92 Å². The minimum Gasteiger partial charge on any atom is -0.295 e. The molecule has 1 heterocycles. The third-order valence-corrected chi connectivity index (χ3v) is 4.67. The highest BCUT2D eigenvalue weighted by atomic mass is 35.5. The van der Waals surface area contributed by atoms with Crippen molar-refractivity contribution < 1.29 is 0 Å². The molecule has 0 saturated carbocycles. The van der Waals surface area contributed by atoms with Gasteiger partial charge in [-0.05, 0) is 47.9 Å². The minimum atomic E-state index is -0.555. The van der Waals surface area contributed by atoms with Crippen LogP contribution in [-0.4, -0.2) is 14.8 Å². The van der Waals surface area contributed by atoms with Gasteiger partial charge in [0, 0.05) is 10.0 Å². The number of aryl methyl sites for hydroxylation is 1. The van der Waals surface area contributed by atoms with E-state index >= 15 is 0 Å². The molecule has 1 atom stereocenters. The van der Waals surface area contributed by atoms with Gasteiger partial charge in [-0.2, -0.15) is 15.0 Å². The fourth-order valence-corrected chi connectivity index (χ4v) is 3.35. The van der Waals surface area contributed by atoms with Gasteiger partial charge in [-0.3, -0.25) is 4.98 Å². The lowest BCUT2D eigenvalue weighted by Gasteiger charge is -2.16. The Morgan fingerprint density at radius 1 is 1.27 bits per heavy atom. The quantitative estimate of drug-likeness (QED) is 0.651. The van der Waals surface area contributed by atoms with Gasteiger partial charge in [0.15, 0.2) is 0 Å². The molecule has 0 amide bonds. The summed E-state index contributed by atoms with van der Waals surface area (Å²) in [5.74, 6) is -0.555. The second-order valence-corrected chi connectivity index (χ2v) is 6.91. The Bertz CT molecular complexity index is 1110. The van der Waals surface area contributed by atoms with E-state index in [0.29, 0.717) is 21.3 Å². The van der Waals surface area contributed by atoms with Gasteiger partial charge in [-0.15, -0.1) is 0 Å². The van der Waals surface area contributed by atoms with Crippen LogP contribution in [0.15, 0.2) is 47.4 Å². The Kier molecular flexibility index (Phi) is 5.23. The normalized spacial score (nSPS) is 11.8. The zero-order valence-corrected chi connectivity index (χ0v) is 15.9. The van der Waals surface area contributed by atoms with Crippen LogP contribution in [0.3, 0.4) is 0 Å². The molecule has 1 aromatic heterocycles. The molecule has 3 aromatic rings. The van der Waals surface area contributed by atoms with E-state index in [-0.39, 0.29) is 4.64 Å². The second kappa shape index (κ2) is 7.42. The van der Waals surface area contributed by atoms with Gasteiger partial charge in [0.25, 0.3) is 0 Å². The van der Waals surface area contributed by atoms with Crippen LogP contribution in [0.4, 0.5) is 0 Å². The van der Waals surface area contributed by atoms with Crippen molar-refractivity contribution in [2.24, 2.45) is 0 Å². The van der Waals surface area contributed by atoms with Gasteiger partial charge >= 0.3 is 5.69 Å². The number of halogens is 2. The molecule has 26 heavy (non-hydrogen) atoms. The van der Waals surface area contributed by atoms with Crippen LogP contribution in [-0.2, 0) is 0 Å². The lowest BCUT2D eigenvalue weighted by Crippen LogP contribution is -2.23. The molecular weight excluding hydrogens is 391 g/mol. The van der Waals surface area contributed by atoms with E-state index < -0.39 is 11.6 Å². The number of benzene rings is 2. The van der Waals surface area contributed by atoms with Crippen LogP contribution in [0.5, 0.6) is 0 Å². The van der Waals surface area contributed by atoms with Gasteiger partial charge in [0.05, 0.1) is 23.9 Å². The van der Waals surface area contributed by atoms with Crippen LogP contribution in [0, 0.1) is 22.9 Å². The predicted octanol–water partition coefficient (Wildman–Crippen LogP) is 4.56. The molecule has 0 spiro atoms. The smallest absolute Gasteiger partial charge is 0.295 e. The standard InChI is InChI=1S/C18H12Cl2N4OS/c1-10-6-13(24-18(25)23-16(26)9-22-24)7-15(20)17(10)14(8-21)11-2-4-12(19)5-3-11/h2-7,9,14H,1H3,(H,23,25,26). The molecule has 0 aliphatic carbocycles. The summed E-state index contributed by atoms with van der Waals surface area (Å²) in [4.78, 5) is 14.6. The Hall–Kier alpha value is -2.46. The summed E-state index contributed by atoms with van der Waals surface area (Å²) >= 11 is 17.3. The molecule has 0 bridgehead atoms. The first kappa shape index (κ1) is 18.3. The summed E-state index contributed by atoms with van der Waals surface area (Å²) in [7, 11) is 0. The Morgan fingerprint density at radius 2 is 1.96 bits per heavy atom. The molecule has 130 valence electrons. The van der Waals surface area contributed by atoms with Crippen LogP contribution in [0.25, 0.3) is 5.69 Å². The Balaban J connectivity index is 2.12. The monoisotopic (exact) mass is 402 g/mol. The van der Waals surface area contributed by atoms with Crippen molar-refractivity contribution in [2.45, 2.75) is 12.8 Å². The van der Waals surface area contributed by atoms with E-state index in [2.05, 4.69) is 16.2 Å². The van der Waals surface area contributed by atoms with Crippen molar-refractivity contribution in [1.29, 1.82) is 5.26 Å². The molecular formula is C18H12Cl2N4OS. The van der Waals surface area contributed by atoms with Gasteiger partial charge < -0.3 is 0 Å². The average molecular weight is 403 g/mol. The highest BCUT2D eigenvalue weighted by Crippen LogP contribution is 2.34. The van der Waals surface area contributed by atoms with Gasteiger partial charge in [0.2, 0.25) is 0 Å². The van der Waals surface area contributed by atoms with Crippen molar-refractivity contribution in [1.82, 2.24) is 14.8 Å². The van der Waals surface area contributed by atoms with Crippen LogP contribution < -0.4 is 5.69 Å². The fourth-order valence-electron chi connectivity index (χ4n) is 2.72. The summed E-state index contributed by atoms with van der Waals surface area (Å²) in [5, 5.41) is 14.7. The molecule has 8 heteroatoms. The molecule has 0 aliphatic heterocycles. The van der Waals surface area contributed by atoms with Crippen LogP contribution >= 0.6 is 35.4 Å². The number of nitrogens with one attached hydrogen (secondary N) is 1. The summed E-state index contributed by atoms with van der Waals surface area (Å²) < 4.78 is 1.42. The summed E-state index contributed by atoms with van der Waals surface area (Å²) in [5.41, 5.74) is 2.26. The van der Waals surface area contributed by atoms with Gasteiger partial charge in [-0.1, -0.05) is 47.6 Å². The number of nitrogens with zero attached hydrogens (tertiary/aromatic N) is 3. The minimum absolute atomic E-state index is 0.248. The number of nitriles is 1. The third kappa shape index (κ3) is 3.56. The van der Waals surface area contributed by atoms with E-state index in [9.17, 15) is 10.1 Å². The second-order valence-electron chi connectivity index (χ2n) is 5.62. The number of aromatic amines is 1. The molecule has 1 N–H and O–H groups in total. The van der Waals surface area contributed by atoms with E-state index in [1.54, 1.807) is 36.4 Å². The van der Waals surface area contributed by atoms with Crippen molar-refractivity contribution in [3.8, 4) is 11.8 Å². The maximum Gasteiger partial charge on any atom is 0.347 e. The molecule has 0 aliphatic rings. The number of H-pyrrole nitrogens is 1. The zero-order valence-electron chi connectivity index (χ0n) is 13.5. The van der Waals surface area contributed by atoms with E-state index in [1.165, 1.54) is 10.9 Å². The summed E-state index contributed by atoms with van der Waals surface area (Å²) in [6, 6.07) is 12.7. The lowest BCUT2D eigenvalue weighted by molar-refractivity contribution is 0.756. The van der Waals surface area contributed by atoms with Crippen molar-refractivity contribution >= 4 is 35.4 Å². The Morgan fingerprint density at radius 3 is 2.54 bits per heavy atom. The molecule has 5 nitrogen and oxygen atoms in total. The third-order valence-electron chi connectivity index (χ3n) is 3.90. The zero-order chi connectivity index (χ0) is 18.8. The Labute approximate surface area is 164 Å². The lowest BCUT2D eigenvalue weighted by atomic mass is 9.89. The number of hydrogen-bond acceptors (Lipinski definition) is 4. The maximum atomic E-state index is 12.1. The first-order chi connectivity index (χ1) is 12.4. The van der Waals surface area contributed by atoms with Crippen molar-refractivity contribution in [2.75, 3.05) is 0 Å². The van der Waals surface area contributed by atoms with Gasteiger partial charge in [0.1, 0.15) is 4.64 Å². The largest absolute Gasteiger partial charge is 0.347 e. The number of aromatic nitrogens is 3. The SMILES string of the molecule is Cc1cc(-n2ncc(=S)[nH]c2=O)cc(Cl)c1C(C#N)c1ccc(Cl)cc1. The van der Waals surface area contributed by atoms with Crippen LogP contribution in [0.2, 0.25) is 10.0 Å².